The molecule has 1 atom stereocenters. The molecule has 0 fully saturated rings. The van der Waals surface area contributed by atoms with Gasteiger partial charge in [-0.25, -0.2) is 0 Å². The molecule has 2 rings (SSSR count). The van der Waals surface area contributed by atoms with E-state index in [1.54, 1.807) is 5.54 Å². The summed E-state index contributed by atoms with van der Waals surface area (Å²) >= 11 is 5.63. The van der Waals surface area contributed by atoms with Gasteiger partial charge in [-0.15, -0.1) is 0 Å². The predicted molar refractivity (Wildman–Crippen MR) is 76.3 cm³/mol. The van der Waals surface area contributed by atoms with Crippen LogP contribution in [0.2, 0.25) is 0 Å². The molecule has 1 aromatic rings. The van der Waals surface area contributed by atoms with Crippen LogP contribution in [0.1, 0.15) is 36.9 Å². The van der Waals surface area contributed by atoms with Crippen LogP contribution in [0.25, 0.3) is 0 Å². The topological polar surface area (TPSA) is 21.3 Å². The molecule has 0 saturated carbocycles. The minimum Gasteiger partial charge on any atom is -0.489 e. The molecular formula is C15H20ClNO. The minimum atomic E-state index is 0.460. The zero-order valence-corrected chi connectivity index (χ0v) is 11.8. The first-order valence-corrected chi connectivity index (χ1v) is 6.87. The Morgan fingerprint density at radius 3 is 3.11 bits per heavy atom. The third-order valence-electron chi connectivity index (χ3n) is 3.43. The van der Waals surface area contributed by atoms with Crippen LogP contribution in [-0.4, -0.2) is 13.7 Å². The Balaban J connectivity index is 2.14. The standard InChI is InChI=1S/C15H20ClNO/c1-11(9-16)10-18-13-7-6-12-4-3-5-15(17-2)14(12)8-13/h6-9,15,17H,3-5,10H2,1-2H3/b11-9+. The summed E-state index contributed by atoms with van der Waals surface area (Å²) in [5.74, 6) is 0.925. The van der Waals surface area contributed by atoms with Gasteiger partial charge in [0.15, 0.2) is 0 Å². The van der Waals surface area contributed by atoms with Gasteiger partial charge >= 0.3 is 0 Å². The van der Waals surface area contributed by atoms with E-state index in [4.69, 9.17) is 16.3 Å². The molecule has 1 N–H and O–H groups in total. The van der Waals surface area contributed by atoms with Crippen LogP contribution >= 0.6 is 11.6 Å². The summed E-state index contributed by atoms with van der Waals surface area (Å²) in [7, 11) is 2.02. The Bertz CT molecular complexity index is 442. The van der Waals surface area contributed by atoms with Crippen molar-refractivity contribution in [3.05, 3.63) is 40.4 Å². The Labute approximate surface area is 114 Å². The van der Waals surface area contributed by atoms with Crippen LogP contribution in [0.3, 0.4) is 0 Å². The van der Waals surface area contributed by atoms with Crippen molar-refractivity contribution in [1.29, 1.82) is 0 Å². The highest BCUT2D eigenvalue weighted by molar-refractivity contribution is 6.25. The van der Waals surface area contributed by atoms with Crippen molar-refractivity contribution in [1.82, 2.24) is 5.32 Å². The third-order valence-corrected chi connectivity index (χ3v) is 3.81. The largest absolute Gasteiger partial charge is 0.489 e. The molecule has 98 valence electrons. The minimum absolute atomic E-state index is 0.460. The van der Waals surface area contributed by atoms with Crippen molar-refractivity contribution in [3.63, 3.8) is 0 Å². The van der Waals surface area contributed by atoms with Crippen molar-refractivity contribution >= 4 is 11.6 Å². The number of rotatable bonds is 4. The molecule has 0 saturated heterocycles. The molecule has 1 aliphatic carbocycles. The lowest BCUT2D eigenvalue weighted by atomic mass is 9.87. The molecule has 1 aliphatic rings. The molecule has 3 heteroatoms. The van der Waals surface area contributed by atoms with Crippen LogP contribution in [0, 0.1) is 0 Å². The van der Waals surface area contributed by atoms with E-state index >= 15 is 0 Å². The SMILES string of the molecule is CNC1CCCc2ccc(OC/C(C)=C/Cl)cc21. The molecular weight excluding hydrogens is 246 g/mol. The van der Waals surface area contributed by atoms with E-state index in [9.17, 15) is 0 Å². The highest BCUT2D eigenvalue weighted by Crippen LogP contribution is 2.32. The van der Waals surface area contributed by atoms with Gasteiger partial charge in [-0.3, -0.25) is 0 Å². The average molecular weight is 266 g/mol. The number of fused-ring (bicyclic) bond motifs is 1. The van der Waals surface area contributed by atoms with Crippen LogP contribution in [0.4, 0.5) is 0 Å². The second kappa shape index (κ2) is 6.26. The molecule has 0 aliphatic heterocycles. The fraction of sp³-hybridized carbons (Fsp3) is 0.467. The number of nitrogens with one attached hydrogen (secondary N) is 1. The average Bonchev–Trinajstić information content (AvgIpc) is 2.43. The summed E-state index contributed by atoms with van der Waals surface area (Å²) < 4.78 is 5.74. The monoisotopic (exact) mass is 265 g/mol. The number of halogens is 1. The van der Waals surface area contributed by atoms with Crippen molar-refractivity contribution in [3.8, 4) is 5.75 Å². The maximum Gasteiger partial charge on any atom is 0.120 e. The maximum absolute atomic E-state index is 5.74. The van der Waals surface area contributed by atoms with Gasteiger partial charge in [-0.2, -0.15) is 0 Å². The highest BCUT2D eigenvalue weighted by atomic mass is 35.5. The number of ether oxygens (including phenoxy) is 1. The molecule has 0 amide bonds. The second-order valence-electron chi connectivity index (χ2n) is 4.84. The van der Waals surface area contributed by atoms with Gasteiger partial charge in [-0.1, -0.05) is 17.7 Å². The quantitative estimate of drug-likeness (QED) is 0.894. The van der Waals surface area contributed by atoms with Crippen molar-refractivity contribution in [2.45, 2.75) is 32.2 Å². The smallest absolute Gasteiger partial charge is 0.120 e. The number of hydrogen-bond donors (Lipinski definition) is 1. The normalized spacial score (nSPS) is 19.5. The zero-order valence-electron chi connectivity index (χ0n) is 11.0. The van der Waals surface area contributed by atoms with Crippen molar-refractivity contribution in [2.24, 2.45) is 0 Å². The van der Waals surface area contributed by atoms with Crippen LogP contribution < -0.4 is 10.1 Å². The van der Waals surface area contributed by atoms with E-state index in [1.165, 1.54) is 30.4 Å². The summed E-state index contributed by atoms with van der Waals surface area (Å²) in [5.41, 5.74) is 5.42. The summed E-state index contributed by atoms with van der Waals surface area (Å²) in [6.07, 6.45) is 3.63. The summed E-state index contributed by atoms with van der Waals surface area (Å²) in [5, 5.41) is 3.38. The molecule has 0 heterocycles. The molecule has 2 nitrogen and oxygen atoms in total. The van der Waals surface area contributed by atoms with Crippen LogP contribution in [0.5, 0.6) is 5.75 Å². The zero-order chi connectivity index (χ0) is 13.0. The van der Waals surface area contributed by atoms with Gasteiger partial charge in [-0.05, 0) is 62.1 Å². The summed E-state index contributed by atoms with van der Waals surface area (Å²) in [4.78, 5) is 0. The van der Waals surface area contributed by atoms with Gasteiger partial charge in [0.1, 0.15) is 12.4 Å². The lowest BCUT2D eigenvalue weighted by Crippen LogP contribution is -2.21. The van der Waals surface area contributed by atoms with Gasteiger partial charge < -0.3 is 10.1 Å². The Morgan fingerprint density at radius 2 is 2.39 bits per heavy atom. The van der Waals surface area contributed by atoms with Gasteiger partial charge in [0.2, 0.25) is 0 Å². The first-order valence-electron chi connectivity index (χ1n) is 6.43. The number of aryl methyl sites for hydroxylation is 1. The number of benzene rings is 1. The van der Waals surface area contributed by atoms with E-state index in [1.807, 2.05) is 14.0 Å². The van der Waals surface area contributed by atoms with Crippen LogP contribution in [0.15, 0.2) is 29.3 Å². The van der Waals surface area contributed by atoms with Gasteiger partial charge in [0.05, 0.1) is 0 Å². The van der Waals surface area contributed by atoms with E-state index in [0.717, 1.165) is 11.3 Å². The predicted octanol–water partition coefficient (Wildman–Crippen LogP) is 3.80. The fourth-order valence-corrected chi connectivity index (χ4v) is 2.46. The van der Waals surface area contributed by atoms with E-state index in [-0.39, 0.29) is 0 Å². The van der Waals surface area contributed by atoms with Gasteiger partial charge in [0.25, 0.3) is 0 Å². The van der Waals surface area contributed by atoms with E-state index < -0.39 is 0 Å². The van der Waals surface area contributed by atoms with Crippen LogP contribution in [-0.2, 0) is 6.42 Å². The Kier molecular flexibility index (Phi) is 4.67. The lowest BCUT2D eigenvalue weighted by Gasteiger charge is -2.25. The maximum atomic E-state index is 5.74. The Hall–Kier alpha value is -0.990. The molecule has 0 bridgehead atoms. The van der Waals surface area contributed by atoms with E-state index in [2.05, 4.69) is 23.5 Å². The summed E-state index contributed by atoms with van der Waals surface area (Å²) in [6, 6.07) is 6.87. The fourth-order valence-electron chi connectivity index (χ4n) is 2.40. The molecule has 0 aromatic heterocycles. The summed E-state index contributed by atoms with van der Waals surface area (Å²) in [6.45, 7) is 2.51. The van der Waals surface area contributed by atoms with Gasteiger partial charge in [0, 0.05) is 11.6 Å². The second-order valence-corrected chi connectivity index (χ2v) is 5.06. The Morgan fingerprint density at radius 1 is 1.56 bits per heavy atom. The molecule has 18 heavy (non-hydrogen) atoms. The molecule has 1 aromatic carbocycles. The first-order chi connectivity index (χ1) is 8.74. The highest BCUT2D eigenvalue weighted by Gasteiger charge is 2.19. The van der Waals surface area contributed by atoms with E-state index in [0.29, 0.717) is 12.6 Å². The van der Waals surface area contributed by atoms with Crippen molar-refractivity contribution in [2.75, 3.05) is 13.7 Å². The third kappa shape index (κ3) is 3.06. The molecule has 0 spiro atoms. The molecule has 1 unspecified atom stereocenters. The first kappa shape index (κ1) is 13.4. The van der Waals surface area contributed by atoms with Crippen molar-refractivity contribution < 1.29 is 4.74 Å². The molecule has 0 radical (unpaired) electrons. The number of hydrogen-bond acceptors (Lipinski definition) is 2. The lowest BCUT2D eigenvalue weighted by molar-refractivity contribution is 0.350.